The SMILES string of the molecule is COC(=O)NC(C)CC(=O)OC(C)C. The number of carbonyl (C=O) groups excluding carboxylic acids is 2. The van der Waals surface area contributed by atoms with Gasteiger partial charge in [-0.25, -0.2) is 4.79 Å². The number of hydrogen-bond donors (Lipinski definition) is 1. The Bertz CT molecular complexity index is 203. The average Bonchev–Trinajstić information content (AvgIpc) is 2.01. The molecule has 14 heavy (non-hydrogen) atoms. The van der Waals surface area contributed by atoms with Crippen LogP contribution in [-0.2, 0) is 14.3 Å². The Balaban J connectivity index is 3.76. The summed E-state index contributed by atoms with van der Waals surface area (Å²) in [5.74, 6) is -0.330. The summed E-state index contributed by atoms with van der Waals surface area (Å²) in [5.41, 5.74) is 0. The lowest BCUT2D eigenvalue weighted by molar-refractivity contribution is -0.147. The maximum Gasteiger partial charge on any atom is 0.407 e. The summed E-state index contributed by atoms with van der Waals surface area (Å²) in [4.78, 5) is 21.9. The molecule has 0 aliphatic rings. The fraction of sp³-hybridized carbons (Fsp3) is 0.778. The van der Waals surface area contributed by atoms with Crippen LogP contribution in [0.3, 0.4) is 0 Å². The highest BCUT2D eigenvalue weighted by atomic mass is 16.5. The maximum atomic E-state index is 11.1. The normalized spacial score (nSPS) is 12.1. The first-order valence-corrected chi connectivity index (χ1v) is 4.49. The number of carbonyl (C=O) groups is 2. The van der Waals surface area contributed by atoms with E-state index in [4.69, 9.17) is 4.74 Å². The summed E-state index contributed by atoms with van der Waals surface area (Å²) in [7, 11) is 1.27. The molecule has 0 bridgehead atoms. The molecule has 0 aliphatic carbocycles. The molecule has 1 unspecified atom stereocenters. The van der Waals surface area contributed by atoms with Crippen molar-refractivity contribution in [1.82, 2.24) is 5.32 Å². The Morgan fingerprint density at radius 2 is 1.86 bits per heavy atom. The first kappa shape index (κ1) is 12.7. The lowest BCUT2D eigenvalue weighted by Gasteiger charge is -2.13. The molecule has 0 aromatic heterocycles. The van der Waals surface area contributed by atoms with E-state index in [0.29, 0.717) is 0 Å². The Morgan fingerprint density at radius 1 is 1.29 bits per heavy atom. The minimum Gasteiger partial charge on any atom is -0.463 e. The molecule has 0 saturated carbocycles. The number of methoxy groups -OCH3 is 1. The summed E-state index contributed by atoms with van der Waals surface area (Å²) < 4.78 is 9.29. The molecule has 1 atom stereocenters. The molecule has 0 aromatic carbocycles. The van der Waals surface area contributed by atoms with Crippen molar-refractivity contribution < 1.29 is 19.1 Å². The molecule has 5 nitrogen and oxygen atoms in total. The molecule has 0 fully saturated rings. The molecule has 1 N–H and O–H groups in total. The van der Waals surface area contributed by atoms with E-state index < -0.39 is 6.09 Å². The van der Waals surface area contributed by atoms with Gasteiger partial charge in [-0.05, 0) is 20.8 Å². The van der Waals surface area contributed by atoms with E-state index in [1.165, 1.54) is 7.11 Å². The molecule has 0 radical (unpaired) electrons. The van der Waals surface area contributed by atoms with Crippen LogP contribution in [0, 0.1) is 0 Å². The summed E-state index contributed by atoms with van der Waals surface area (Å²) in [6.07, 6.45) is -0.532. The number of alkyl carbamates (subject to hydrolysis) is 1. The minimum atomic E-state index is -0.546. The Labute approximate surface area is 83.8 Å². The van der Waals surface area contributed by atoms with E-state index in [1.54, 1.807) is 20.8 Å². The molecule has 0 heterocycles. The summed E-state index contributed by atoms with van der Waals surface area (Å²) >= 11 is 0. The minimum absolute atomic E-state index is 0.132. The van der Waals surface area contributed by atoms with Crippen LogP contribution in [0.15, 0.2) is 0 Å². The van der Waals surface area contributed by atoms with Gasteiger partial charge in [-0.2, -0.15) is 0 Å². The predicted octanol–water partition coefficient (Wildman–Crippen LogP) is 1.07. The molecule has 0 saturated heterocycles. The topological polar surface area (TPSA) is 64.6 Å². The van der Waals surface area contributed by atoms with Crippen molar-refractivity contribution in [3.05, 3.63) is 0 Å². The summed E-state index contributed by atoms with van der Waals surface area (Å²) in [6.45, 7) is 5.26. The maximum absolute atomic E-state index is 11.1. The third-order valence-corrected chi connectivity index (χ3v) is 1.39. The highest BCUT2D eigenvalue weighted by Crippen LogP contribution is 1.97. The van der Waals surface area contributed by atoms with Gasteiger partial charge in [0.05, 0.1) is 19.6 Å². The van der Waals surface area contributed by atoms with E-state index in [0.717, 1.165) is 0 Å². The largest absolute Gasteiger partial charge is 0.463 e. The number of rotatable bonds is 4. The van der Waals surface area contributed by atoms with E-state index in [2.05, 4.69) is 10.1 Å². The van der Waals surface area contributed by atoms with Crippen LogP contribution in [-0.4, -0.2) is 31.3 Å². The molecule has 1 amide bonds. The van der Waals surface area contributed by atoms with Crippen LogP contribution in [0.1, 0.15) is 27.2 Å². The van der Waals surface area contributed by atoms with E-state index in [1.807, 2.05) is 0 Å². The van der Waals surface area contributed by atoms with Crippen LogP contribution in [0.4, 0.5) is 4.79 Å². The lowest BCUT2D eigenvalue weighted by atomic mass is 10.2. The zero-order valence-electron chi connectivity index (χ0n) is 8.99. The van der Waals surface area contributed by atoms with Gasteiger partial charge in [0, 0.05) is 6.04 Å². The molecular formula is C9H17NO4. The third kappa shape index (κ3) is 6.28. The van der Waals surface area contributed by atoms with E-state index in [9.17, 15) is 9.59 Å². The highest BCUT2D eigenvalue weighted by molar-refractivity contribution is 5.72. The summed E-state index contributed by atoms with van der Waals surface area (Å²) in [6, 6.07) is -0.284. The number of ether oxygens (including phenoxy) is 2. The van der Waals surface area contributed by atoms with Crippen molar-refractivity contribution in [2.45, 2.75) is 39.3 Å². The smallest absolute Gasteiger partial charge is 0.407 e. The van der Waals surface area contributed by atoms with Gasteiger partial charge in [0.15, 0.2) is 0 Å². The molecule has 0 aromatic rings. The highest BCUT2D eigenvalue weighted by Gasteiger charge is 2.13. The number of esters is 1. The van der Waals surface area contributed by atoms with Gasteiger partial charge in [-0.1, -0.05) is 0 Å². The molecule has 5 heteroatoms. The van der Waals surface area contributed by atoms with Gasteiger partial charge < -0.3 is 14.8 Å². The Hall–Kier alpha value is -1.26. The van der Waals surface area contributed by atoms with Crippen LogP contribution in [0.2, 0.25) is 0 Å². The third-order valence-electron chi connectivity index (χ3n) is 1.39. The average molecular weight is 203 g/mol. The van der Waals surface area contributed by atoms with Gasteiger partial charge in [0.2, 0.25) is 0 Å². The Kier molecular flexibility index (Phi) is 5.67. The second kappa shape index (κ2) is 6.23. The van der Waals surface area contributed by atoms with Crippen LogP contribution in [0.5, 0.6) is 0 Å². The number of hydrogen-bond acceptors (Lipinski definition) is 4. The predicted molar refractivity (Wildman–Crippen MR) is 50.8 cm³/mol. The molecule has 0 aliphatic heterocycles. The van der Waals surface area contributed by atoms with Crippen molar-refractivity contribution in [1.29, 1.82) is 0 Å². The standard InChI is InChI=1S/C9H17NO4/c1-6(2)14-8(11)5-7(3)10-9(12)13-4/h6-7H,5H2,1-4H3,(H,10,12). The van der Waals surface area contributed by atoms with Crippen molar-refractivity contribution >= 4 is 12.1 Å². The van der Waals surface area contributed by atoms with Crippen LogP contribution < -0.4 is 5.32 Å². The van der Waals surface area contributed by atoms with Crippen LogP contribution >= 0.6 is 0 Å². The van der Waals surface area contributed by atoms with Crippen LogP contribution in [0.25, 0.3) is 0 Å². The first-order valence-electron chi connectivity index (χ1n) is 4.49. The van der Waals surface area contributed by atoms with Gasteiger partial charge in [0.1, 0.15) is 0 Å². The first-order chi connectivity index (χ1) is 6.45. The van der Waals surface area contributed by atoms with Crippen molar-refractivity contribution in [3.8, 4) is 0 Å². The van der Waals surface area contributed by atoms with Crippen molar-refractivity contribution in [2.75, 3.05) is 7.11 Å². The van der Waals surface area contributed by atoms with Crippen molar-refractivity contribution in [3.63, 3.8) is 0 Å². The Morgan fingerprint density at radius 3 is 2.29 bits per heavy atom. The fourth-order valence-corrected chi connectivity index (χ4v) is 0.872. The van der Waals surface area contributed by atoms with Gasteiger partial charge in [-0.15, -0.1) is 0 Å². The van der Waals surface area contributed by atoms with Crippen molar-refractivity contribution in [2.24, 2.45) is 0 Å². The second-order valence-electron chi connectivity index (χ2n) is 3.28. The van der Waals surface area contributed by atoms with Gasteiger partial charge in [0.25, 0.3) is 0 Å². The van der Waals surface area contributed by atoms with Gasteiger partial charge >= 0.3 is 12.1 Å². The lowest BCUT2D eigenvalue weighted by Crippen LogP contribution is -2.34. The number of amides is 1. The second-order valence-corrected chi connectivity index (χ2v) is 3.28. The zero-order chi connectivity index (χ0) is 11.1. The quantitative estimate of drug-likeness (QED) is 0.694. The van der Waals surface area contributed by atoms with Gasteiger partial charge in [-0.3, -0.25) is 4.79 Å². The molecular weight excluding hydrogens is 186 g/mol. The number of nitrogens with one attached hydrogen (secondary N) is 1. The zero-order valence-corrected chi connectivity index (χ0v) is 8.99. The van der Waals surface area contributed by atoms with E-state index in [-0.39, 0.29) is 24.5 Å². The molecule has 0 rings (SSSR count). The van der Waals surface area contributed by atoms with E-state index >= 15 is 0 Å². The molecule has 0 spiro atoms. The monoisotopic (exact) mass is 203 g/mol. The molecule has 82 valence electrons. The summed E-state index contributed by atoms with van der Waals surface area (Å²) in [5, 5.41) is 2.47. The fourth-order valence-electron chi connectivity index (χ4n) is 0.872.